The third-order valence-corrected chi connectivity index (χ3v) is 2.45. The van der Waals surface area contributed by atoms with Crippen LogP contribution in [0.1, 0.15) is 13.3 Å². The number of hydrogen-bond donors (Lipinski definition) is 1. The lowest BCUT2D eigenvalue weighted by molar-refractivity contribution is -0.407. The maximum Gasteiger partial charge on any atom is 0.449 e. The molecule has 110 valence electrons. The summed E-state index contributed by atoms with van der Waals surface area (Å²) in [7, 11) is 0. The van der Waals surface area contributed by atoms with E-state index in [9.17, 15) is 26.7 Å². The second-order valence-corrected chi connectivity index (χ2v) is 4.17. The molecule has 2 atom stereocenters. The highest BCUT2D eigenvalue weighted by molar-refractivity contribution is 5.86. The van der Waals surface area contributed by atoms with Gasteiger partial charge < -0.3 is 14.6 Å². The Morgan fingerprint density at radius 1 is 1.53 bits per heavy atom. The number of halogens is 5. The Kier molecular flexibility index (Phi) is 3.93. The Hall–Kier alpha value is -1.22. The third-order valence-electron chi connectivity index (χ3n) is 2.45. The summed E-state index contributed by atoms with van der Waals surface area (Å²) in [4.78, 5) is 11.0. The van der Waals surface area contributed by atoms with Crippen LogP contribution in [0.15, 0.2) is 12.2 Å². The zero-order chi connectivity index (χ0) is 15.1. The van der Waals surface area contributed by atoms with Gasteiger partial charge in [0.15, 0.2) is 0 Å². The summed E-state index contributed by atoms with van der Waals surface area (Å²) in [5, 5.41) is 8.95. The van der Waals surface area contributed by atoms with Gasteiger partial charge in [0.1, 0.15) is 12.7 Å². The lowest BCUT2D eigenvalue weighted by Gasteiger charge is -2.29. The van der Waals surface area contributed by atoms with E-state index in [1.807, 2.05) is 0 Å². The van der Waals surface area contributed by atoms with Gasteiger partial charge in [-0.05, 0) is 6.92 Å². The fraction of sp³-hybridized carbons (Fsp3) is 0.700. The molecule has 1 fully saturated rings. The van der Waals surface area contributed by atoms with Gasteiger partial charge in [-0.15, -0.1) is 0 Å². The average Bonchev–Trinajstić information content (AvgIpc) is 2.46. The zero-order valence-electron chi connectivity index (χ0n) is 9.76. The van der Waals surface area contributed by atoms with Crippen molar-refractivity contribution in [1.82, 2.24) is 0 Å². The van der Waals surface area contributed by atoms with Crippen LogP contribution in [0.2, 0.25) is 0 Å². The van der Waals surface area contributed by atoms with Gasteiger partial charge in [-0.3, -0.25) is 0 Å². The zero-order valence-corrected chi connectivity index (χ0v) is 9.76. The Balaban J connectivity index is 2.74. The second-order valence-electron chi connectivity index (χ2n) is 4.17. The molecule has 0 aromatic heterocycles. The quantitative estimate of drug-likeness (QED) is 0.489. The van der Waals surface area contributed by atoms with Crippen LogP contribution in [0.5, 0.6) is 0 Å². The Morgan fingerprint density at radius 2 is 2.05 bits per heavy atom. The second kappa shape index (κ2) is 4.71. The first-order valence-electron chi connectivity index (χ1n) is 5.08. The molecule has 9 heteroatoms. The van der Waals surface area contributed by atoms with Gasteiger partial charge in [0, 0.05) is 12.0 Å². The lowest BCUT2D eigenvalue weighted by Crippen LogP contribution is -2.56. The van der Waals surface area contributed by atoms with Crippen molar-refractivity contribution < 1.29 is 41.3 Å². The number of carbonyl (C=O) groups is 1. The van der Waals surface area contributed by atoms with Gasteiger partial charge in [-0.25, -0.2) is 13.6 Å². The normalized spacial score (nSPS) is 30.2. The fourth-order valence-electron chi connectivity index (χ4n) is 1.45. The van der Waals surface area contributed by atoms with Crippen LogP contribution >= 0.6 is 0 Å². The summed E-state index contributed by atoms with van der Waals surface area (Å²) < 4.78 is 71.8. The van der Waals surface area contributed by atoms with Gasteiger partial charge in [-0.1, -0.05) is 6.58 Å². The summed E-state index contributed by atoms with van der Waals surface area (Å²) in [5.74, 6) is -10.0. The van der Waals surface area contributed by atoms with E-state index in [-0.39, 0.29) is 5.57 Å². The van der Waals surface area contributed by atoms with Crippen molar-refractivity contribution in [2.45, 2.75) is 37.3 Å². The van der Waals surface area contributed by atoms with E-state index in [1.54, 1.807) is 0 Å². The summed E-state index contributed by atoms with van der Waals surface area (Å²) >= 11 is 0. The molecule has 0 amide bonds. The maximum absolute atomic E-state index is 13.2. The molecule has 19 heavy (non-hydrogen) atoms. The van der Waals surface area contributed by atoms with Crippen molar-refractivity contribution in [2.75, 3.05) is 6.61 Å². The minimum atomic E-state index is -5.66. The third kappa shape index (κ3) is 2.86. The number of aliphatic hydroxyl groups is 1. The summed E-state index contributed by atoms with van der Waals surface area (Å²) in [6, 6.07) is 0. The van der Waals surface area contributed by atoms with Crippen LogP contribution in [0.3, 0.4) is 0 Å². The molecule has 1 aliphatic heterocycles. The molecule has 2 unspecified atom stereocenters. The molecule has 0 aliphatic carbocycles. The summed E-state index contributed by atoms with van der Waals surface area (Å²) in [6.45, 7) is 3.65. The van der Waals surface area contributed by atoms with E-state index < -0.39 is 43.0 Å². The van der Waals surface area contributed by atoms with Crippen LogP contribution in [-0.4, -0.2) is 41.7 Å². The van der Waals surface area contributed by atoms with Crippen molar-refractivity contribution in [3.8, 4) is 0 Å². The minimum Gasteiger partial charge on any atom is -0.460 e. The molecule has 0 aromatic carbocycles. The predicted molar refractivity (Wildman–Crippen MR) is 51.2 cm³/mol. The molecule has 0 aromatic rings. The molecular weight excluding hydrogens is 279 g/mol. The van der Waals surface area contributed by atoms with Gasteiger partial charge >= 0.3 is 23.9 Å². The predicted octanol–water partition coefficient (Wildman–Crippen LogP) is 1.78. The molecule has 1 saturated heterocycles. The van der Waals surface area contributed by atoms with Crippen LogP contribution in [0.25, 0.3) is 0 Å². The SMILES string of the molecule is C=C(C)C(=O)OCC1CC(F)(F)C(O)(C(F)(F)F)O1. The first-order chi connectivity index (χ1) is 8.41. The van der Waals surface area contributed by atoms with Crippen LogP contribution in [0.4, 0.5) is 22.0 Å². The highest BCUT2D eigenvalue weighted by Crippen LogP contribution is 2.50. The van der Waals surface area contributed by atoms with E-state index in [0.717, 1.165) is 0 Å². The van der Waals surface area contributed by atoms with E-state index >= 15 is 0 Å². The van der Waals surface area contributed by atoms with Crippen molar-refractivity contribution in [1.29, 1.82) is 0 Å². The number of esters is 1. The van der Waals surface area contributed by atoms with E-state index in [1.165, 1.54) is 6.92 Å². The average molecular weight is 290 g/mol. The van der Waals surface area contributed by atoms with Crippen LogP contribution < -0.4 is 0 Å². The van der Waals surface area contributed by atoms with Gasteiger partial charge in [0.05, 0.1) is 0 Å². The van der Waals surface area contributed by atoms with Gasteiger partial charge in [0.25, 0.3) is 0 Å². The maximum atomic E-state index is 13.2. The number of carbonyl (C=O) groups excluding carboxylic acids is 1. The number of hydrogen-bond acceptors (Lipinski definition) is 4. The molecule has 0 bridgehead atoms. The fourth-order valence-corrected chi connectivity index (χ4v) is 1.45. The van der Waals surface area contributed by atoms with E-state index in [2.05, 4.69) is 16.1 Å². The summed E-state index contributed by atoms with van der Waals surface area (Å²) in [5.41, 5.74) is -0.0455. The van der Waals surface area contributed by atoms with Gasteiger partial charge in [-0.2, -0.15) is 13.2 Å². The Morgan fingerprint density at radius 3 is 2.42 bits per heavy atom. The van der Waals surface area contributed by atoms with E-state index in [4.69, 9.17) is 5.11 Å². The van der Waals surface area contributed by atoms with E-state index in [0.29, 0.717) is 0 Å². The minimum absolute atomic E-state index is 0.0455. The largest absolute Gasteiger partial charge is 0.460 e. The topological polar surface area (TPSA) is 55.8 Å². The number of ether oxygens (including phenoxy) is 2. The standard InChI is InChI=1S/C10H11F5O4/c1-5(2)7(16)18-4-6-3-8(11,12)9(17,19-6)10(13,14)15/h6,17H,1,3-4H2,2H3. The molecule has 1 heterocycles. The molecule has 1 rings (SSSR count). The monoisotopic (exact) mass is 290 g/mol. The Bertz CT molecular complexity index is 392. The van der Waals surface area contributed by atoms with Crippen LogP contribution in [-0.2, 0) is 14.3 Å². The Labute approximate surface area is 104 Å². The molecular formula is C10H11F5O4. The van der Waals surface area contributed by atoms with Crippen molar-refractivity contribution in [2.24, 2.45) is 0 Å². The summed E-state index contributed by atoms with van der Waals surface area (Å²) in [6.07, 6.45) is -8.83. The molecule has 1 aliphatic rings. The smallest absolute Gasteiger partial charge is 0.449 e. The van der Waals surface area contributed by atoms with Crippen molar-refractivity contribution in [3.63, 3.8) is 0 Å². The van der Waals surface area contributed by atoms with Crippen molar-refractivity contribution in [3.05, 3.63) is 12.2 Å². The first-order valence-corrected chi connectivity index (χ1v) is 5.08. The number of alkyl halides is 5. The van der Waals surface area contributed by atoms with Crippen molar-refractivity contribution >= 4 is 5.97 Å². The highest BCUT2D eigenvalue weighted by Gasteiger charge is 2.75. The lowest BCUT2D eigenvalue weighted by atomic mass is 10.1. The first kappa shape index (κ1) is 15.8. The molecule has 0 saturated carbocycles. The molecule has 4 nitrogen and oxygen atoms in total. The highest BCUT2D eigenvalue weighted by atomic mass is 19.4. The van der Waals surface area contributed by atoms with Crippen LogP contribution in [0, 0.1) is 0 Å². The molecule has 1 N–H and O–H groups in total. The van der Waals surface area contributed by atoms with Gasteiger partial charge in [0.2, 0.25) is 0 Å². The number of rotatable bonds is 3. The molecule has 0 spiro atoms. The molecule has 0 radical (unpaired) electrons.